The first-order valence-corrected chi connectivity index (χ1v) is 12.4. The molecule has 0 aliphatic heterocycles. The smallest absolute Gasteiger partial charge is 0.336 e. The van der Waals surface area contributed by atoms with Crippen molar-refractivity contribution in [3.8, 4) is 0 Å². The van der Waals surface area contributed by atoms with Crippen LogP contribution in [0.3, 0.4) is 0 Å². The van der Waals surface area contributed by atoms with Gasteiger partial charge in [-0.1, -0.05) is 52.6 Å². The molecule has 9 heteroatoms. The van der Waals surface area contributed by atoms with Gasteiger partial charge in [0, 0.05) is 32.3 Å². The number of aliphatic hydroxyl groups excluding tert-OH is 2. The summed E-state index contributed by atoms with van der Waals surface area (Å²) in [5, 5.41) is 42.7. The lowest BCUT2D eigenvalue weighted by molar-refractivity contribution is -0.271. The van der Waals surface area contributed by atoms with Crippen LogP contribution in [0.15, 0.2) is 0 Å². The molecule has 5 nitrogen and oxygen atoms in total. The summed E-state index contributed by atoms with van der Waals surface area (Å²) in [4.78, 5) is 10.9. The fourth-order valence-electron chi connectivity index (χ4n) is 8.08. The van der Waals surface area contributed by atoms with Gasteiger partial charge in [0.1, 0.15) is 11.8 Å². The lowest BCUT2D eigenvalue weighted by Crippen LogP contribution is -2.75. The summed E-state index contributed by atoms with van der Waals surface area (Å²) in [6, 6.07) is 0. The highest BCUT2D eigenvalue weighted by atomic mass is 79.9. The largest absolute Gasteiger partial charge is 0.479 e. The van der Waals surface area contributed by atoms with E-state index in [2.05, 4.69) is 31.9 Å². The van der Waals surface area contributed by atoms with Gasteiger partial charge < -0.3 is 20.4 Å². The number of carboxylic acids is 1. The normalized spacial score (nSPS) is 62.9. The van der Waals surface area contributed by atoms with Crippen LogP contribution >= 0.6 is 31.9 Å². The van der Waals surface area contributed by atoms with Crippen LogP contribution in [-0.4, -0.2) is 65.7 Å². The third kappa shape index (κ3) is 2.45. The molecule has 0 aromatic carbocycles. The van der Waals surface area contributed by atoms with Gasteiger partial charge in [-0.05, 0) is 37.5 Å². The first kappa shape index (κ1) is 23.3. The van der Waals surface area contributed by atoms with Gasteiger partial charge in [0.25, 0.3) is 0 Å². The molecule has 0 bridgehead atoms. The Morgan fingerprint density at radius 2 is 1.67 bits per heavy atom. The molecule has 4 fully saturated rings. The van der Waals surface area contributed by atoms with Crippen LogP contribution in [0.2, 0.25) is 0 Å². The van der Waals surface area contributed by atoms with Gasteiger partial charge in [0.15, 0.2) is 5.60 Å². The summed E-state index contributed by atoms with van der Waals surface area (Å²) < 4.78 is 32.8. The maximum Gasteiger partial charge on any atom is 0.336 e. The molecular formula is C21H30Br2F2O5. The minimum Gasteiger partial charge on any atom is -0.479 e. The van der Waals surface area contributed by atoms with Gasteiger partial charge in [-0.3, -0.25) is 0 Å². The average Bonchev–Trinajstić information content (AvgIpc) is 2.84. The van der Waals surface area contributed by atoms with E-state index < -0.39 is 79.8 Å². The fourth-order valence-corrected chi connectivity index (χ4v) is 10.8. The van der Waals surface area contributed by atoms with Crippen LogP contribution in [0.1, 0.15) is 46.5 Å². The van der Waals surface area contributed by atoms with E-state index in [9.17, 15) is 25.2 Å². The topological polar surface area (TPSA) is 98.0 Å². The molecule has 4 N–H and O–H groups in total. The Balaban J connectivity index is 1.85. The van der Waals surface area contributed by atoms with Crippen molar-refractivity contribution in [2.75, 3.05) is 0 Å². The van der Waals surface area contributed by atoms with Crippen molar-refractivity contribution in [2.24, 2.45) is 34.5 Å². The maximum atomic E-state index is 17.2. The lowest BCUT2D eigenvalue weighted by Gasteiger charge is -2.67. The summed E-state index contributed by atoms with van der Waals surface area (Å²) in [5.74, 6) is -4.36. The molecule has 13 atom stereocenters. The lowest BCUT2D eigenvalue weighted by atomic mass is 9.41. The summed E-state index contributed by atoms with van der Waals surface area (Å²) >= 11 is 6.82. The second-order valence-corrected chi connectivity index (χ2v) is 12.9. The first-order valence-electron chi connectivity index (χ1n) is 10.6. The zero-order valence-electron chi connectivity index (χ0n) is 17.2. The van der Waals surface area contributed by atoms with Crippen LogP contribution in [0.4, 0.5) is 8.78 Å². The molecule has 4 aliphatic carbocycles. The van der Waals surface area contributed by atoms with Crippen molar-refractivity contribution in [3.05, 3.63) is 0 Å². The Bertz CT molecular complexity index is 759. The van der Waals surface area contributed by atoms with Crippen LogP contribution in [-0.2, 0) is 4.79 Å². The van der Waals surface area contributed by atoms with Crippen molar-refractivity contribution < 1.29 is 34.0 Å². The number of carboxylic acid groups (broad SMARTS) is 1. The Morgan fingerprint density at radius 3 is 2.23 bits per heavy atom. The van der Waals surface area contributed by atoms with E-state index in [0.29, 0.717) is 0 Å². The number of fused-ring (bicyclic) bond motifs is 5. The second-order valence-electron chi connectivity index (χ2n) is 10.7. The van der Waals surface area contributed by atoms with Gasteiger partial charge in [0.2, 0.25) is 0 Å². The number of carbonyl (C=O) groups is 1. The number of hydrogen-bond acceptors (Lipinski definition) is 4. The quantitative estimate of drug-likeness (QED) is 0.370. The predicted octanol–water partition coefficient (Wildman–Crippen LogP) is 3.21. The molecule has 0 aromatic rings. The summed E-state index contributed by atoms with van der Waals surface area (Å²) in [5.41, 5.74) is -6.81. The predicted molar refractivity (Wildman–Crippen MR) is 113 cm³/mol. The molecule has 4 aliphatic rings. The SMILES string of the molecule is CC1CC2C3CC(F)C4C(Br)C(O)C(Br)CC4(C)C3(F)C(O)CC2(C)C1(O)C(=O)O. The Kier molecular flexibility index (Phi) is 5.32. The molecule has 4 saturated carbocycles. The molecule has 4 rings (SSSR count). The number of aliphatic hydroxyl groups is 3. The van der Waals surface area contributed by atoms with E-state index in [1.807, 2.05) is 0 Å². The third-order valence-corrected chi connectivity index (χ3v) is 11.6. The van der Waals surface area contributed by atoms with Gasteiger partial charge >= 0.3 is 5.97 Å². The standard InChI is InChI=1S/C21H30Br2F2O5/c1-8-4-9-10-5-12(24)14-15(23)16(27)11(22)6-19(14,3)20(10,25)13(26)7-18(9,2)21(8,30)17(28)29/h8-16,26-27,30H,4-7H2,1-3H3,(H,28,29). The maximum absolute atomic E-state index is 17.2. The van der Waals surface area contributed by atoms with E-state index in [1.165, 1.54) is 0 Å². The molecule has 0 heterocycles. The Morgan fingerprint density at radius 1 is 1.07 bits per heavy atom. The minimum atomic E-state index is -2.16. The van der Waals surface area contributed by atoms with Gasteiger partial charge in [-0.25, -0.2) is 13.6 Å². The van der Waals surface area contributed by atoms with Crippen LogP contribution < -0.4 is 0 Å². The average molecular weight is 560 g/mol. The molecule has 30 heavy (non-hydrogen) atoms. The highest BCUT2D eigenvalue weighted by Gasteiger charge is 2.79. The Labute approximate surface area is 191 Å². The van der Waals surface area contributed by atoms with Crippen molar-refractivity contribution in [1.82, 2.24) is 0 Å². The van der Waals surface area contributed by atoms with E-state index in [0.717, 1.165) is 0 Å². The number of halogens is 4. The highest BCUT2D eigenvalue weighted by Crippen LogP contribution is 2.72. The molecule has 0 spiro atoms. The summed E-state index contributed by atoms with van der Waals surface area (Å²) in [6.07, 6.45) is -3.84. The van der Waals surface area contributed by atoms with Crippen molar-refractivity contribution >= 4 is 37.8 Å². The molecule has 0 aromatic heterocycles. The van der Waals surface area contributed by atoms with E-state index in [1.54, 1.807) is 20.8 Å². The fraction of sp³-hybridized carbons (Fsp3) is 0.952. The van der Waals surface area contributed by atoms with Crippen molar-refractivity contribution in [3.63, 3.8) is 0 Å². The highest BCUT2D eigenvalue weighted by molar-refractivity contribution is 9.10. The van der Waals surface area contributed by atoms with Gasteiger partial charge in [0.05, 0.1) is 12.2 Å². The van der Waals surface area contributed by atoms with E-state index >= 15 is 8.78 Å². The zero-order chi connectivity index (χ0) is 22.6. The second kappa shape index (κ2) is 6.84. The number of alkyl halides is 4. The summed E-state index contributed by atoms with van der Waals surface area (Å²) in [7, 11) is 0. The van der Waals surface area contributed by atoms with Crippen LogP contribution in [0.25, 0.3) is 0 Å². The van der Waals surface area contributed by atoms with Crippen LogP contribution in [0, 0.1) is 34.5 Å². The van der Waals surface area contributed by atoms with Crippen molar-refractivity contribution in [2.45, 2.75) is 85.8 Å². The molecule has 0 saturated heterocycles. The molecular weight excluding hydrogens is 530 g/mol. The van der Waals surface area contributed by atoms with Crippen molar-refractivity contribution in [1.29, 1.82) is 0 Å². The van der Waals surface area contributed by atoms with E-state index in [4.69, 9.17) is 0 Å². The zero-order valence-corrected chi connectivity index (χ0v) is 20.4. The number of aliphatic carboxylic acids is 1. The van der Waals surface area contributed by atoms with Gasteiger partial charge in [-0.2, -0.15) is 0 Å². The van der Waals surface area contributed by atoms with E-state index in [-0.39, 0.29) is 25.7 Å². The first-order chi connectivity index (χ1) is 13.7. The molecule has 172 valence electrons. The summed E-state index contributed by atoms with van der Waals surface area (Å²) in [6.45, 7) is 4.88. The van der Waals surface area contributed by atoms with Gasteiger partial charge in [-0.15, -0.1) is 0 Å². The minimum absolute atomic E-state index is 0.146. The molecule has 0 radical (unpaired) electrons. The number of hydrogen-bond donors (Lipinski definition) is 4. The molecule has 13 unspecified atom stereocenters. The Hall–Kier alpha value is 0.170. The monoisotopic (exact) mass is 558 g/mol. The molecule has 0 amide bonds. The van der Waals surface area contributed by atoms with Crippen LogP contribution in [0.5, 0.6) is 0 Å². The number of rotatable bonds is 1. The third-order valence-electron chi connectivity index (χ3n) is 9.60.